The molecule has 6 heterocycles. The van der Waals surface area contributed by atoms with Gasteiger partial charge in [0.1, 0.15) is 24.0 Å². The third-order valence-electron chi connectivity index (χ3n) is 13.2. The second-order valence-corrected chi connectivity index (χ2v) is 16.9. The molecule has 5 fully saturated rings. The number of rotatable bonds is 8. The number of hydrogen-bond donors (Lipinski definition) is 1. The van der Waals surface area contributed by atoms with Crippen molar-refractivity contribution in [2.45, 2.75) is 94.4 Å². The van der Waals surface area contributed by atoms with Gasteiger partial charge in [-0.3, -0.25) is 29.4 Å². The number of nitriles is 1. The Kier molecular flexibility index (Phi) is 9.96. The Balaban J connectivity index is 0.724. The van der Waals surface area contributed by atoms with Crippen LogP contribution >= 0.6 is 11.6 Å². The minimum atomic E-state index is -0.955. The standard InChI is InChI=1S/C44H47ClN6O5/c45-39-24-34(4-1-30(39)25-46)50-32-5-6-33(50)22-36(21-32)56-35-8-2-28(3-9-35)29-15-17-48(18-16-29)26-27-13-19-49(20-14-27)31-7-10-37-38(23-31)44(55)51(43(37)54)40-11-12-41(52)47-42(40)53/h1-4,7-10,23-24,27,29,32-33,36,40H,5-6,11-22,26H2,(H,47,52,53)/t32-,33+,36?,40?. The number of carbonyl (C=O) groups is 4. The molecule has 1 N–H and O–H groups in total. The molecule has 3 aromatic carbocycles. The van der Waals surface area contributed by atoms with Gasteiger partial charge in [-0.25, -0.2) is 0 Å². The molecule has 0 saturated carbocycles. The lowest BCUT2D eigenvalue weighted by Crippen LogP contribution is -2.54. The van der Waals surface area contributed by atoms with Crippen LogP contribution < -0.4 is 19.9 Å². The van der Waals surface area contributed by atoms with E-state index in [1.807, 2.05) is 24.3 Å². The first-order chi connectivity index (χ1) is 27.2. The van der Waals surface area contributed by atoms with Crippen molar-refractivity contribution in [2.24, 2.45) is 5.92 Å². The minimum Gasteiger partial charge on any atom is -0.490 e. The topological polar surface area (TPSA) is 126 Å². The first-order valence-corrected chi connectivity index (χ1v) is 20.7. The number of benzene rings is 3. The first-order valence-electron chi connectivity index (χ1n) is 20.3. The maximum Gasteiger partial charge on any atom is 0.262 e. The smallest absolute Gasteiger partial charge is 0.262 e. The summed E-state index contributed by atoms with van der Waals surface area (Å²) in [6.45, 7) is 5.07. The highest BCUT2D eigenvalue weighted by Crippen LogP contribution is 2.42. The van der Waals surface area contributed by atoms with E-state index in [0.717, 1.165) is 106 Å². The predicted octanol–water partition coefficient (Wildman–Crippen LogP) is 6.29. The summed E-state index contributed by atoms with van der Waals surface area (Å²) in [5, 5.41) is 12.0. The molecule has 6 aliphatic heterocycles. The summed E-state index contributed by atoms with van der Waals surface area (Å²) in [7, 11) is 0. The fourth-order valence-corrected chi connectivity index (χ4v) is 10.5. The third-order valence-corrected chi connectivity index (χ3v) is 13.5. The number of likely N-dealkylation sites (tertiary alicyclic amines) is 1. The number of anilines is 2. The van der Waals surface area contributed by atoms with E-state index in [0.29, 0.717) is 45.6 Å². The van der Waals surface area contributed by atoms with Gasteiger partial charge in [0.2, 0.25) is 11.8 Å². The molecular weight excluding hydrogens is 728 g/mol. The molecule has 0 spiro atoms. The zero-order valence-corrected chi connectivity index (χ0v) is 32.3. The molecule has 12 heteroatoms. The molecule has 4 atom stereocenters. The van der Waals surface area contributed by atoms with Gasteiger partial charge in [0, 0.05) is 62.4 Å². The summed E-state index contributed by atoms with van der Waals surface area (Å²) in [6, 6.07) is 22.1. The molecule has 9 rings (SSSR count). The van der Waals surface area contributed by atoms with Crippen LogP contribution in [0.1, 0.15) is 102 Å². The number of piperidine rings is 4. The van der Waals surface area contributed by atoms with E-state index in [1.54, 1.807) is 12.1 Å². The van der Waals surface area contributed by atoms with Crippen molar-refractivity contribution in [3.05, 3.63) is 87.9 Å². The largest absolute Gasteiger partial charge is 0.490 e. The Morgan fingerprint density at radius 1 is 0.768 bits per heavy atom. The zero-order chi connectivity index (χ0) is 38.5. The predicted molar refractivity (Wildman–Crippen MR) is 212 cm³/mol. The van der Waals surface area contributed by atoms with Crippen LogP contribution in [0.2, 0.25) is 5.02 Å². The summed E-state index contributed by atoms with van der Waals surface area (Å²) in [4.78, 5) is 59.0. The number of hydrogen-bond acceptors (Lipinski definition) is 9. The maximum absolute atomic E-state index is 13.3. The number of ether oxygens (including phenoxy) is 1. The molecule has 0 radical (unpaired) electrons. The van der Waals surface area contributed by atoms with Crippen molar-refractivity contribution in [3.8, 4) is 11.8 Å². The molecule has 56 heavy (non-hydrogen) atoms. The molecule has 4 amide bonds. The van der Waals surface area contributed by atoms with Crippen molar-refractivity contribution in [1.82, 2.24) is 15.1 Å². The van der Waals surface area contributed by atoms with Crippen LogP contribution in [0, 0.1) is 17.2 Å². The van der Waals surface area contributed by atoms with Gasteiger partial charge in [-0.2, -0.15) is 5.26 Å². The molecule has 5 saturated heterocycles. The van der Waals surface area contributed by atoms with Gasteiger partial charge < -0.3 is 19.4 Å². The molecule has 2 unspecified atom stereocenters. The van der Waals surface area contributed by atoms with E-state index in [-0.39, 0.29) is 24.9 Å². The van der Waals surface area contributed by atoms with Crippen molar-refractivity contribution >= 4 is 46.6 Å². The fourth-order valence-electron chi connectivity index (χ4n) is 10.3. The Bertz CT molecular complexity index is 2070. The van der Waals surface area contributed by atoms with Gasteiger partial charge in [-0.1, -0.05) is 23.7 Å². The van der Waals surface area contributed by atoms with Crippen LogP contribution in [0.3, 0.4) is 0 Å². The number of amides is 4. The molecule has 290 valence electrons. The lowest BCUT2D eigenvalue weighted by molar-refractivity contribution is -0.136. The van der Waals surface area contributed by atoms with E-state index in [2.05, 4.69) is 50.4 Å². The third kappa shape index (κ3) is 7.03. The summed E-state index contributed by atoms with van der Waals surface area (Å²) in [5.74, 6) is 0.218. The number of nitrogens with one attached hydrogen (secondary N) is 1. The SMILES string of the molecule is N#Cc1ccc(N2[C@@H]3CC[C@H]2CC(Oc2ccc(C4CCN(CC5CCN(c6ccc7c(c6)C(=O)N(C6CCC(=O)NC6=O)C7=O)CC5)CC4)cc2)C3)cc1Cl. The number of nitrogens with zero attached hydrogens (tertiary/aromatic N) is 5. The Morgan fingerprint density at radius 3 is 2.14 bits per heavy atom. The summed E-state index contributed by atoms with van der Waals surface area (Å²) in [6.07, 6.45) is 9.16. The molecule has 2 bridgehead atoms. The van der Waals surface area contributed by atoms with Crippen molar-refractivity contribution in [1.29, 1.82) is 5.26 Å². The van der Waals surface area contributed by atoms with Crippen molar-refractivity contribution in [3.63, 3.8) is 0 Å². The maximum atomic E-state index is 13.3. The van der Waals surface area contributed by atoms with Crippen LogP contribution in [0.25, 0.3) is 0 Å². The molecule has 11 nitrogen and oxygen atoms in total. The summed E-state index contributed by atoms with van der Waals surface area (Å²) in [5.41, 5.74) is 4.60. The molecule has 0 aliphatic carbocycles. The van der Waals surface area contributed by atoms with E-state index in [4.69, 9.17) is 16.3 Å². The average Bonchev–Trinajstić information content (AvgIpc) is 3.62. The van der Waals surface area contributed by atoms with Gasteiger partial charge in [0.15, 0.2) is 0 Å². The Morgan fingerprint density at radius 2 is 1.46 bits per heavy atom. The average molecular weight is 775 g/mol. The lowest BCUT2D eigenvalue weighted by Gasteiger charge is -2.40. The van der Waals surface area contributed by atoms with Gasteiger partial charge in [-0.15, -0.1) is 0 Å². The van der Waals surface area contributed by atoms with Crippen LogP contribution in [-0.2, 0) is 9.59 Å². The van der Waals surface area contributed by atoms with Gasteiger partial charge in [0.05, 0.1) is 21.7 Å². The van der Waals surface area contributed by atoms with Crippen LogP contribution in [0.15, 0.2) is 60.7 Å². The highest BCUT2D eigenvalue weighted by Gasteiger charge is 2.45. The van der Waals surface area contributed by atoms with Crippen molar-refractivity contribution in [2.75, 3.05) is 42.5 Å². The molecule has 6 aliphatic rings. The summed E-state index contributed by atoms with van der Waals surface area (Å²) < 4.78 is 6.56. The quantitative estimate of drug-likeness (QED) is 0.263. The van der Waals surface area contributed by atoms with E-state index >= 15 is 0 Å². The van der Waals surface area contributed by atoms with E-state index in [1.165, 1.54) is 5.56 Å². The highest BCUT2D eigenvalue weighted by atomic mass is 35.5. The minimum absolute atomic E-state index is 0.106. The van der Waals surface area contributed by atoms with Crippen LogP contribution in [-0.4, -0.2) is 90.4 Å². The molecule has 3 aromatic rings. The number of fused-ring (bicyclic) bond motifs is 3. The van der Waals surface area contributed by atoms with Gasteiger partial charge >= 0.3 is 0 Å². The van der Waals surface area contributed by atoms with Crippen LogP contribution in [0.5, 0.6) is 5.75 Å². The monoisotopic (exact) mass is 774 g/mol. The molecular formula is C44H47ClN6O5. The lowest BCUT2D eigenvalue weighted by atomic mass is 9.88. The second kappa shape index (κ2) is 15.2. The number of halogens is 1. The highest BCUT2D eigenvalue weighted by molar-refractivity contribution is 6.32. The number of carbonyl (C=O) groups excluding carboxylic acids is 4. The van der Waals surface area contributed by atoms with Crippen LogP contribution in [0.4, 0.5) is 11.4 Å². The summed E-state index contributed by atoms with van der Waals surface area (Å²) >= 11 is 6.37. The van der Waals surface area contributed by atoms with E-state index < -0.39 is 23.8 Å². The number of imide groups is 2. The van der Waals surface area contributed by atoms with Gasteiger partial charge in [-0.05, 0) is 124 Å². The normalized spacial score (nSPS) is 26.0. The zero-order valence-electron chi connectivity index (χ0n) is 31.5. The first kappa shape index (κ1) is 36.7. The van der Waals surface area contributed by atoms with E-state index in [9.17, 15) is 24.4 Å². The second-order valence-electron chi connectivity index (χ2n) is 16.5. The Labute approximate surface area is 332 Å². The van der Waals surface area contributed by atoms with Crippen molar-refractivity contribution < 1.29 is 23.9 Å². The molecule has 0 aromatic heterocycles. The fraction of sp³-hybridized carbons (Fsp3) is 0.477. The Hall–Kier alpha value is -4.92. The van der Waals surface area contributed by atoms with Gasteiger partial charge in [0.25, 0.3) is 11.8 Å².